The van der Waals surface area contributed by atoms with E-state index < -0.39 is 0 Å². The fourth-order valence-corrected chi connectivity index (χ4v) is 5.05. The number of hydrogen-bond acceptors (Lipinski definition) is 3. The third-order valence-corrected chi connectivity index (χ3v) is 6.70. The van der Waals surface area contributed by atoms with Crippen molar-refractivity contribution in [1.82, 2.24) is 9.97 Å². The standard InChI is InChI=1S/C27H27ClN2O2/c28-19-12-13-23-21(22-7-2-4-10-25(22)30-26(23)16-19)8-5-11-27(31)32-15-14-18-17-29-24-9-3-1-6-20(18)24/h1,3,6,9,12-13,16-17,29H,2,4-5,7-8,10-11,14-15H2. The molecule has 5 heteroatoms. The van der Waals surface area contributed by atoms with Gasteiger partial charge in [-0.05, 0) is 73.4 Å². The van der Waals surface area contributed by atoms with E-state index in [1.165, 1.54) is 46.0 Å². The summed E-state index contributed by atoms with van der Waals surface area (Å²) >= 11 is 6.21. The zero-order valence-corrected chi connectivity index (χ0v) is 18.9. The molecule has 2 aromatic carbocycles. The molecular weight excluding hydrogens is 420 g/mol. The first-order valence-corrected chi connectivity index (χ1v) is 11.9. The van der Waals surface area contributed by atoms with Crippen molar-refractivity contribution in [3.8, 4) is 0 Å². The number of carbonyl (C=O) groups excluding carboxylic acids is 1. The number of aryl methyl sites for hydroxylation is 2. The van der Waals surface area contributed by atoms with Crippen LogP contribution in [0.15, 0.2) is 48.7 Å². The van der Waals surface area contributed by atoms with Crippen molar-refractivity contribution in [2.45, 2.75) is 51.4 Å². The van der Waals surface area contributed by atoms with Crippen molar-refractivity contribution in [3.05, 3.63) is 76.1 Å². The van der Waals surface area contributed by atoms with E-state index in [4.69, 9.17) is 21.3 Å². The van der Waals surface area contributed by atoms with Gasteiger partial charge in [0, 0.05) is 46.0 Å². The van der Waals surface area contributed by atoms with Crippen LogP contribution in [-0.4, -0.2) is 22.5 Å². The number of nitrogens with zero attached hydrogens (tertiary/aromatic N) is 1. The highest BCUT2D eigenvalue weighted by Crippen LogP contribution is 2.31. The van der Waals surface area contributed by atoms with Crippen LogP contribution in [0.3, 0.4) is 0 Å². The lowest BCUT2D eigenvalue weighted by molar-refractivity contribution is -0.143. The first-order valence-electron chi connectivity index (χ1n) is 11.5. The zero-order chi connectivity index (χ0) is 21.9. The van der Waals surface area contributed by atoms with Gasteiger partial charge in [-0.15, -0.1) is 0 Å². The predicted octanol–water partition coefficient (Wildman–Crippen LogP) is 6.36. The fourth-order valence-electron chi connectivity index (χ4n) is 4.88. The first kappa shape index (κ1) is 21.0. The molecule has 4 nitrogen and oxygen atoms in total. The first-order chi connectivity index (χ1) is 15.7. The third-order valence-electron chi connectivity index (χ3n) is 6.46. The van der Waals surface area contributed by atoms with Gasteiger partial charge < -0.3 is 9.72 Å². The molecule has 1 aliphatic rings. The number of nitrogens with one attached hydrogen (secondary N) is 1. The number of ether oxygens (including phenoxy) is 1. The number of pyridine rings is 1. The fraction of sp³-hybridized carbons (Fsp3) is 0.333. The molecule has 0 amide bonds. The summed E-state index contributed by atoms with van der Waals surface area (Å²) in [6.07, 6.45) is 9.29. The second-order valence-corrected chi connectivity index (χ2v) is 9.00. The normalized spacial score (nSPS) is 13.4. The minimum Gasteiger partial charge on any atom is -0.465 e. The molecule has 32 heavy (non-hydrogen) atoms. The van der Waals surface area contributed by atoms with Crippen molar-refractivity contribution < 1.29 is 9.53 Å². The number of esters is 1. The van der Waals surface area contributed by atoms with Gasteiger partial charge in [-0.3, -0.25) is 9.78 Å². The topological polar surface area (TPSA) is 55.0 Å². The van der Waals surface area contributed by atoms with Gasteiger partial charge in [0.15, 0.2) is 0 Å². The van der Waals surface area contributed by atoms with Gasteiger partial charge in [-0.1, -0.05) is 35.9 Å². The molecule has 0 fully saturated rings. The summed E-state index contributed by atoms with van der Waals surface area (Å²) < 4.78 is 5.54. The summed E-state index contributed by atoms with van der Waals surface area (Å²) in [6, 6.07) is 14.2. The Morgan fingerprint density at radius 2 is 1.94 bits per heavy atom. The molecule has 2 heterocycles. The number of aromatic amines is 1. The molecule has 0 spiro atoms. The Hall–Kier alpha value is -2.85. The highest BCUT2D eigenvalue weighted by molar-refractivity contribution is 6.31. The second kappa shape index (κ2) is 9.33. The van der Waals surface area contributed by atoms with Gasteiger partial charge in [-0.2, -0.15) is 0 Å². The Morgan fingerprint density at radius 3 is 2.88 bits per heavy atom. The Morgan fingerprint density at radius 1 is 1.06 bits per heavy atom. The molecule has 0 unspecified atom stereocenters. The van der Waals surface area contributed by atoms with E-state index in [-0.39, 0.29) is 5.97 Å². The number of benzene rings is 2. The number of H-pyrrole nitrogens is 1. The van der Waals surface area contributed by atoms with E-state index in [1.807, 2.05) is 30.5 Å². The summed E-state index contributed by atoms with van der Waals surface area (Å²) in [4.78, 5) is 20.5. The largest absolute Gasteiger partial charge is 0.465 e. The number of halogens is 1. The molecule has 0 aliphatic heterocycles. The quantitative estimate of drug-likeness (QED) is 0.336. The number of para-hydroxylation sites is 1. The highest BCUT2D eigenvalue weighted by atomic mass is 35.5. The highest BCUT2D eigenvalue weighted by Gasteiger charge is 2.18. The van der Waals surface area contributed by atoms with Gasteiger partial charge in [0.1, 0.15) is 0 Å². The molecule has 0 radical (unpaired) electrons. The Bertz CT molecular complexity index is 1280. The van der Waals surface area contributed by atoms with Crippen LogP contribution in [0.2, 0.25) is 5.02 Å². The monoisotopic (exact) mass is 446 g/mol. The minimum atomic E-state index is -0.125. The summed E-state index contributed by atoms with van der Waals surface area (Å²) in [7, 11) is 0. The molecule has 0 saturated heterocycles. The Balaban J connectivity index is 1.20. The average molecular weight is 447 g/mol. The predicted molar refractivity (Wildman–Crippen MR) is 129 cm³/mol. The van der Waals surface area contributed by atoms with E-state index in [2.05, 4.69) is 23.2 Å². The average Bonchev–Trinajstić information content (AvgIpc) is 3.21. The van der Waals surface area contributed by atoms with Crippen LogP contribution in [0.25, 0.3) is 21.8 Å². The third kappa shape index (κ3) is 4.37. The summed E-state index contributed by atoms with van der Waals surface area (Å²) in [5.74, 6) is -0.125. The van der Waals surface area contributed by atoms with Crippen LogP contribution in [0.5, 0.6) is 0 Å². The summed E-state index contributed by atoms with van der Waals surface area (Å²) in [6.45, 7) is 0.409. The van der Waals surface area contributed by atoms with Gasteiger partial charge >= 0.3 is 5.97 Å². The van der Waals surface area contributed by atoms with Gasteiger partial charge in [-0.25, -0.2) is 0 Å². The molecule has 1 aliphatic carbocycles. The number of fused-ring (bicyclic) bond motifs is 3. The van der Waals surface area contributed by atoms with Crippen LogP contribution in [-0.2, 0) is 35.2 Å². The Labute approximate surface area is 193 Å². The van der Waals surface area contributed by atoms with Crippen LogP contribution in [0.1, 0.15) is 48.1 Å². The van der Waals surface area contributed by atoms with Gasteiger partial charge in [0.2, 0.25) is 0 Å². The molecule has 0 bridgehead atoms. The van der Waals surface area contributed by atoms with Crippen LogP contribution in [0, 0.1) is 0 Å². The van der Waals surface area contributed by atoms with Gasteiger partial charge in [0.25, 0.3) is 0 Å². The molecule has 2 aromatic heterocycles. The molecule has 4 aromatic rings. The summed E-state index contributed by atoms with van der Waals surface area (Å²) in [5.41, 5.74) is 7.20. The van der Waals surface area contributed by atoms with Crippen molar-refractivity contribution in [1.29, 1.82) is 0 Å². The van der Waals surface area contributed by atoms with Crippen molar-refractivity contribution in [2.24, 2.45) is 0 Å². The molecule has 164 valence electrons. The lowest BCUT2D eigenvalue weighted by Crippen LogP contribution is -2.11. The van der Waals surface area contributed by atoms with Gasteiger partial charge in [0.05, 0.1) is 12.1 Å². The maximum atomic E-state index is 12.4. The smallest absolute Gasteiger partial charge is 0.305 e. The minimum absolute atomic E-state index is 0.125. The summed E-state index contributed by atoms with van der Waals surface area (Å²) in [5, 5.41) is 3.08. The van der Waals surface area contributed by atoms with Crippen molar-refractivity contribution >= 4 is 39.4 Å². The van der Waals surface area contributed by atoms with E-state index in [0.29, 0.717) is 18.1 Å². The maximum Gasteiger partial charge on any atom is 0.305 e. The lowest BCUT2D eigenvalue weighted by Gasteiger charge is -2.21. The zero-order valence-electron chi connectivity index (χ0n) is 18.1. The van der Waals surface area contributed by atoms with E-state index >= 15 is 0 Å². The van der Waals surface area contributed by atoms with E-state index in [9.17, 15) is 4.79 Å². The van der Waals surface area contributed by atoms with E-state index in [0.717, 1.165) is 43.1 Å². The molecule has 1 N–H and O–H groups in total. The lowest BCUT2D eigenvalue weighted by atomic mass is 9.88. The second-order valence-electron chi connectivity index (χ2n) is 8.57. The SMILES string of the molecule is O=C(CCCc1c2c(nc3cc(Cl)ccc13)CCCC2)OCCc1c[nH]c2ccccc12. The van der Waals surface area contributed by atoms with Crippen LogP contribution in [0.4, 0.5) is 0 Å². The van der Waals surface area contributed by atoms with Crippen molar-refractivity contribution in [2.75, 3.05) is 6.61 Å². The number of aromatic nitrogens is 2. The number of rotatable bonds is 7. The molecule has 0 atom stereocenters. The number of carbonyl (C=O) groups is 1. The number of hydrogen-bond donors (Lipinski definition) is 1. The molecule has 0 saturated carbocycles. The molecular formula is C27H27ClN2O2. The van der Waals surface area contributed by atoms with Crippen LogP contribution < -0.4 is 0 Å². The van der Waals surface area contributed by atoms with E-state index in [1.54, 1.807) is 0 Å². The molecule has 5 rings (SSSR count). The van der Waals surface area contributed by atoms with Crippen molar-refractivity contribution in [3.63, 3.8) is 0 Å². The maximum absolute atomic E-state index is 12.4. The van der Waals surface area contributed by atoms with Crippen LogP contribution >= 0.6 is 11.6 Å². The Kier molecular flexibility index (Phi) is 6.13.